The third kappa shape index (κ3) is 4.48. The second-order valence-electron chi connectivity index (χ2n) is 11.6. The van der Waals surface area contributed by atoms with Crippen LogP contribution in [0.2, 0.25) is 0 Å². The van der Waals surface area contributed by atoms with Crippen molar-refractivity contribution in [2.24, 2.45) is 13.0 Å². The van der Waals surface area contributed by atoms with Gasteiger partial charge in [0.2, 0.25) is 0 Å². The van der Waals surface area contributed by atoms with Crippen LogP contribution in [0.3, 0.4) is 0 Å². The van der Waals surface area contributed by atoms with Gasteiger partial charge >= 0.3 is 6.09 Å². The Balaban J connectivity index is 1.30. The highest BCUT2D eigenvalue weighted by Crippen LogP contribution is 2.39. The zero-order chi connectivity index (χ0) is 26.7. The third-order valence-corrected chi connectivity index (χ3v) is 7.33. The zero-order valence-corrected chi connectivity index (χ0v) is 22.7. The quantitative estimate of drug-likeness (QED) is 0.535. The van der Waals surface area contributed by atoms with Crippen LogP contribution in [0.15, 0.2) is 24.3 Å². The number of likely N-dealkylation sites (tertiary alicyclic amines) is 1. The predicted molar refractivity (Wildman–Crippen MR) is 145 cm³/mol. The number of ether oxygens (including phenoxy) is 2. The van der Waals surface area contributed by atoms with Crippen molar-refractivity contribution in [2.45, 2.75) is 45.4 Å². The normalized spacial score (nSPS) is 19.1. The summed E-state index contributed by atoms with van der Waals surface area (Å²) in [4.78, 5) is 31.6. The number of amides is 1. The number of nitrogens with zero attached hydrogens (tertiary/aromatic N) is 6. The van der Waals surface area contributed by atoms with E-state index in [-0.39, 0.29) is 6.09 Å². The number of imidazole rings is 1. The standard InChI is InChI=1S/C27H36N8O3/c1-26(2,3)38-25(36)35-15-17(16-35)14-20-28-21-22(33(20)5)29-24(30-23(21)34-10-12-37-13-11-34)27(4)31-18-8-6-7-9-19(18)32-27/h6-9,17,31-32H,10-16H2,1-5H3. The summed E-state index contributed by atoms with van der Waals surface area (Å²) in [6.45, 7) is 11.9. The van der Waals surface area contributed by atoms with Crippen molar-refractivity contribution in [2.75, 3.05) is 54.9 Å². The van der Waals surface area contributed by atoms with E-state index in [1.807, 2.05) is 40.0 Å². The molecule has 2 N–H and O–H groups in total. The molecule has 2 saturated heterocycles. The number of aromatic nitrogens is 4. The SMILES string of the molecule is Cn1c(CC2CN(C(=O)OC(C)(C)C)C2)nc2c(N3CCOCC3)nc(C3(C)Nc4ccccc4N3)nc21. The van der Waals surface area contributed by atoms with Crippen molar-refractivity contribution in [1.82, 2.24) is 24.4 Å². The minimum atomic E-state index is -0.661. The van der Waals surface area contributed by atoms with Gasteiger partial charge in [-0.2, -0.15) is 0 Å². The molecule has 0 unspecified atom stereocenters. The number of hydrogen-bond acceptors (Lipinski definition) is 9. The van der Waals surface area contributed by atoms with E-state index in [9.17, 15) is 4.79 Å². The maximum atomic E-state index is 12.4. The van der Waals surface area contributed by atoms with Gasteiger partial charge in [-0.3, -0.25) is 0 Å². The first-order valence-corrected chi connectivity index (χ1v) is 13.3. The summed E-state index contributed by atoms with van der Waals surface area (Å²) in [7, 11) is 2.02. The van der Waals surface area contributed by atoms with Gasteiger partial charge in [0.1, 0.15) is 11.4 Å². The van der Waals surface area contributed by atoms with Gasteiger partial charge in [-0.25, -0.2) is 19.7 Å². The van der Waals surface area contributed by atoms with Gasteiger partial charge in [0.15, 0.2) is 28.5 Å². The molecule has 1 aromatic carbocycles. The van der Waals surface area contributed by atoms with E-state index in [2.05, 4.69) is 39.2 Å². The molecule has 0 saturated carbocycles. The number of morpholine rings is 1. The van der Waals surface area contributed by atoms with Gasteiger partial charge < -0.3 is 34.5 Å². The minimum Gasteiger partial charge on any atom is -0.444 e. The van der Waals surface area contributed by atoms with Crippen LogP contribution in [-0.4, -0.2) is 75.5 Å². The Kier molecular flexibility index (Phi) is 5.86. The molecule has 0 atom stereocenters. The number of hydrogen-bond donors (Lipinski definition) is 2. The molecule has 2 aromatic heterocycles. The molecule has 1 amide bonds. The molecule has 2 fully saturated rings. The number of rotatable bonds is 4. The van der Waals surface area contributed by atoms with Crippen LogP contribution in [0.1, 0.15) is 39.3 Å². The Hall–Kier alpha value is -3.60. The van der Waals surface area contributed by atoms with Crippen LogP contribution in [0.4, 0.5) is 22.0 Å². The molecule has 0 radical (unpaired) electrons. The number of nitrogens with one attached hydrogen (secondary N) is 2. The highest BCUT2D eigenvalue weighted by molar-refractivity contribution is 5.85. The van der Waals surface area contributed by atoms with Gasteiger partial charge in [-0.15, -0.1) is 0 Å². The van der Waals surface area contributed by atoms with E-state index in [1.165, 1.54) is 0 Å². The lowest BCUT2D eigenvalue weighted by Gasteiger charge is -2.39. The average Bonchev–Trinajstić information content (AvgIpc) is 3.36. The van der Waals surface area contributed by atoms with E-state index in [0.29, 0.717) is 38.0 Å². The summed E-state index contributed by atoms with van der Waals surface area (Å²) < 4.78 is 13.2. The molecule has 202 valence electrons. The predicted octanol–water partition coefficient (Wildman–Crippen LogP) is 3.32. The Morgan fingerprint density at radius 2 is 1.76 bits per heavy atom. The fourth-order valence-electron chi connectivity index (χ4n) is 5.31. The van der Waals surface area contributed by atoms with E-state index >= 15 is 0 Å². The van der Waals surface area contributed by atoms with Gasteiger partial charge in [0, 0.05) is 45.6 Å². The van der Waals surface area contributed by atoms with Gasteiger partial charge in [0.25, 0.3) is 0 Å². The molecule has 6 rings (SSSR count). The third-order valence-electron chi connectivity index (χ3n) is 7.33. The molecular formula is C27H36N8O3. The average molecular weight is 521 g/mol. The van der Waals surface area contributed by atoms with Gasteiger partial charge in [-0.1, -0.05) is 12.1 Å². The van der Waals surface area contributed by atoms with Crippen molar-refractivity contribution in [3.05, 3.63) is 35.9 Å². The summed E-state index contributed by atoms with van der Waals surface area (Å²) >= 11 is 0. The lowest BCUT2D eigenvalue weighted by molar-refractivity contribution is -0.00120. The second-order valence-corrected chi connectivity index (χ2v) is 11.6. The van der Waals surface area contributed by atoms with Crippen molar-refractivity contribution in [1.29, 1.82) is 0 Å². The number of carbonyl (C=O) groups excluding carboxylic acids is 1. The molecular weight excluding hydrogens is 484 g/mol. The summed E-state index contributed by atoms with van der Waals surface area (Å²) in [5, 5.41) is 7.14. The molecule has 11 nitrogen and oxygen atoms in total. The lowest BCUT2D eigenvalue weighted by atomic mass is 9.96. The van der Waals surface area contributed by atoms with Crippen molar-refractivity contribution >= 4 is 34.4 Å². The van der Waals surface area contributed by atoms with Crippen LogP contribution in [0.5, 0.6) is 0 Å². The molecule has 3 aromatic rings. The highest BCUT2D eigenvalue weighted by Gasteiger charge is 2.38. The summed E-state index contributed by atoms with van der Waals surface area (Å²) in [5.74, 6) is 2.76. The number of para-hydroxylation sites is 2. The molecule has 5 heterocycles. The molecule has 38 heavy (non-hydrogen) atoms. The Labute approximate surface area is 222 Å². The molecule has 0 bridgehead atoms. The minimum absolute atomic E-state index is 0.255. The maximum absolute atomic E-state index is 12.4. The topological polar surface area (TPSA) is 110 Å². The Morgan fingerprint density at radius 1 is 1.11 bits per heavy atom. The first kappa shape index (κ1) is 24.7. The monoisotopic (exact) mass is 520 g/mol. The number of aryl methyl sites for hydroxylation is 1. The highest BCUT2D eigenvalue weighted by atomic mass is 16.6. The van der Waals surface area contributed by atoms with Crippen LogP contribution in [0, 0.1) is 5.92 Å². The lowest BCUT2D eigenvalue weighted by Crippen LogP contribution is -2.52. The number of carbonyl (C=O) groups is 1. The summed E-state index contributed by atoms with van der Waals surface area (Å²) in [5.41, 5.74) is 2.50. The maximum Gasteiger partial charge on any atom is 0.410 e. The van der Waals surface area contributed by atoms with E-state index in [0.717, 1.165) is 53.7 Å². The van der Waals surface area contributed by atoms with E-state index in [1.54, 1.807) is 4.90 Å². The molecule has 0 spiro atoms. The molecule has 0 aliphatic carbocycles. The van der Waals surface area contributed by atoms with Crippen LogP contribution < -0.4 is 15.5 Å². The van der Waals surface area contributed by atoms with Crippen LogP contribution in [0.25, 0.3) is 11.2 Å². The van der Waals surface area contributed by atoms with Crippen LogP contribution >= 0.6 is 0 Å². The summed E-state index contributed by atoms with van der Waals surface area (Å²) in [6, 6.07) is 8.13. The largest absolute Gasteiger partial charge is 0.444 e. The Bertz CT molecular complexity index is 1340. The Morgan fingerprint density at radius 3 is 2.39 bits per heavy atom. The van der Waals surface area contributed by atoms with Crippen LogP contribution in [-0.2, 0) is 28.6 Å². The molecule has 3 aliphatic rings. The number of benzene rings is 1. The van der Waals surface area contributed by atoms with Crippen molar-refractivity contribution in [3.63, 3.8) is 0 Å². The first-order valence-electron chi connectivity index (χ1n) is 13.3. The van der Waals surface area contributed by atoms with Crippen molar-refractivity contribution in [3.8, 4) is 0 Å². The zero-order valence-electron chi connectivity index (χ0n) is 22.7. The van der Waals surface area contributed by atoms with E-state index in [4.69, 9.17) is 24.4 Å². The van der Waals surface area contributed by atoms with Gasteiger partial charge in [0.05, 0.1) is 24.6 Å². The number of anilines is 3. The first-order chi connectivity index (χ1) is 18.1. The molecule has 11 heteroatoms. The fourth-order valence-corrected chi connectivity index (χ4v) is 5.31. The second kappa shape index (κ2) is 9.00. The number of fused-ring (bicyclic) bond motifs is 2. The van der Waals surface area contributed by atoms with Crippen molar-refractivity contribution < 1.29 is 14.3 Å². The smallest absolute Gasteiger partial charge is 0.410 e. The summed E-state index contributed by atoms with van der Waals surface area (Å²) in [6.07, 6.45) is 0.498. The van der Waals surface area contributed by atoms with E-state index < -0.39 is 11.3 Å². The van der Waals surface area contributed by atoms with Gasteiger partial charge in [-0.05, 0) is 39.8 Å². The molecule has 3 aliphatic heterocycles. The fraction of sp³-hybridized carbons (Fsp3) is 0.556.